The molecule has 0 aliphatic heterocycles. The third-order valence-electron chi connectivity index (χ3n) is 5.91. The molecule has 0 atom stereocenters. The third kappa shape index (κ3) is 2.91. The molecule has 142 valence electrons. The Bertz CT molecular complexity index is 1150. The zero-order chi connectivity index (χ0) is 19.9. The van der Waals surface area contributed by atoms with Crippen molar-refractivity contribution in [3.8, 4) is 22.3 Å². The second-order valence-corrected chi connectivity index (χ2v) is 8.52. The minimum atomic E-state index is -0.0693. The highest BCUT2D eigenvalue weighted by molar-refractivity contribution is 6.30. The summed E-state index contributed by atoms with van der Waals surface area (Å²) in [5, 5.41) is 3.53. The molecule has 0 fully saturated rings. The van der Waals surface area contributed by atoms with Crippen LogP contribution in [0.5, 0.6) is 0 Å². The lowest BCUT2D eigenvalue weighted by molar-refractivity contribution is 0.660. The minimum absolute atomic E-state index is 0.0693. The van der Waals surface area contributed by atoms with Crippen LogP contribution in [0.15, 0.2) is 54.6 Å². The Morgan fingerprint density at radius 2 is 1.46 bits per heavy atom. The summed E-state index contributed by atoms with van der Waals surface area (Å²) in [4.78, 5) is 0. The highest BCUT2D eigenvalue weighted by Gasteiger charge is 2.36. The van der Waals surface area contributed by atoms with E-state index < -0.39 is 0 Å². The van der Waals surface area contributed by atoms with Gasteiger partial charge < -0.3 is 0 Å². The molecule has 4 rings (SSSR count). The van der Waals surface area contributed by atoms with Crippen LogP contribution in [0.25, 0.3) is 34.4 Å². The van der Waals surface area contributed by atoms with Crippen LogP contribution in [0.1, 0.15) is 51.7 Å². The lowest BCUT2D eigenvalue weighted by Gasteiger charge is -2.22. The summed E-state index contributed by atoms with van der Waals surface area (Å²) in [5.41, 5.74) is 7.98. The molecule has 0 aromatic heterocycles. The van der Waals surface area contributed by atoms with E-state index in [1.54, 1.807) is 0 Å². The molecular weight excluding hydrogens is 360 g/mol. The molecule has 0 radical (unpaired) electrons. The van der Waals surface area contributed by atoms with Crippen molar-refractivity contribution in [2.45, 2.75) is 46.0 Å². The summed E-state index contributed by atoms with van der Waals surface area (Å²) in [5.74, 6) is 0. The molecule has 1 heteroatoms. The van der Waals surface area contributed by atoms with Gasteiger partial charge >= 0.3 is 0 Å². The molecule has 3 aromatic carbocycles. The molecule has 0 saturated carbocycles. The van der Waals surface area contributed by atoms with Crippen molar-refractivity contribution in [3.63, 3.8) is 0 Å². The Morgan fingerprint density at radius 1 is 0.786 bits per heavy atom. The van der Waals surface area contributed by atoms with Crippen LogP contribution in [-0.2, 0) is 5.41 Å². The summed E-state index contributed by atoms with van der Waals surface area (Å²) < 4.78 is 0. The van der Waals surface area contributed by atoms with Gasteiger partial charge in [0.2, 0.25) is 0 Å². The van der Waals surface area contributed by atoms with Crippen LogP contribution in [0.3, 0.4) is 0 Å². The van der Waals surface area contributed by atoms with E-state index in [4.69, 9.17) is 11.6 Å². The van der Waals surface area contributed by atoms with Crippen LogP contribution in [-0.4, -0.2) is 0 Å². The lowest BCUT2D eigenvalue weighted by atomic mass is 9.81. The molecule has 1 aliphatic rings. The second kappa shape index (κ2) is 7.26. The van der Waals surface area contributed by atoms with Crippen LogP contribution >= 0.6 is 11.6 Å². The summed E-state index contributed by atoms with van der Waals surface area (Å²) in [6, 6.07) is 19.6. The number of benzene rings is 3. The fourth-order valence-electron chi connectivity index (χ4n) is 4.60. The maximum absolute atomic E-state index is 6.39. The van der Waals surface area contributed by atoms with Crippen LogP contribution in [0.4, 0.5) is 0 Å². The number of hydrogen-bond donors (Lipinski definition) is 0. The Hall–Kier alpha value is -2.31. The first-order chi connectivity index (χ1) is 13.5. The molecule has 3 aromatic rings. The largest absolute Gasteiger partial charge is 0.0843 e. The summed E-state index contributed by atoms with van der Waals surface area (Å²) in [6.07, 6.45) is 6.80. The molecule has 0 heterocycles. The minimum Gasteiger partial charge on any atom is -0.0843 e. The quantitative estimate of drug-likeness (QED) is 0.470. The zero-order valence-electron chi connectivity index (χ0n) is 17.1. The average molecular weight is 387 g/mol. The summed E-state index contributed by atoms with van der Waals surface area (Å²) >= 11 is 6.39. The highest BCUT2D eigenvalue weighted by Crippen LogP contribution is 2.48. The van der Waals surface area contributed by atoms with Crippen molar-refractivity contribution >= 4 is 23.8 Å². The fourth-order valence-corrected chi connectivity index (χ4v) is 4.77. The van der Waals surface area contributed by atoms with E-state index in [0.717, 1.165) is 17.9 Å². The zero-order valence-corrected chi connectivity index (χ0v) is 17.9. The predicted octanol–water partition coefficient (Wildman–Crippen LogP) is 6.69. The number of fused-ring (bicyclic) bond motifs is 3. The first-order valence-corrected chi connectivity index (χ1v) is 10.6. The van der Waals surface area contributed by atoms with Gasteiger partial charge in [0, 0.05) is 10.4 Å². The van der Waals surface area contributed by atoms with E-state index in [2.05, 4.69) is 88.4 Å². The maximum atomic E-state index is 6.39. The molecule has 0 unspecified atom stereocenters. The average Bonchev–Trinajstić information content (AvgIpc) is 2.91. The SMILES string of the molecule is CC/C=c1/c(-c2ccccc2)cc2c(/c1=C/CC)-c1ccc(Cl)cc1C2(C)C. The molecule has 0 saturated heterocycles. The number of rotatable bonds is 3. The van der Waals surface area contributed by atoms with E-state index in [-0.39, 0.29) is 5.41 Å². The van der Waals surface area contributed by atoms with Crippen molar-refractivity contribution < 1.29 is 0 Å². The van der Waals surface area contributed by atoms with Crippen LogP contribution < -0.4 is 10.4 Å². The fraction of sp³-hybridized carbons (Fsp3) is 0.259. The van der Waals surface area contributed by atoms with E-state index in [0.29, 0.717) is 0 Å². The molecule has 0 spiro atoms. The molecule has 1 aliphatic carbocycles. The standard InChI is InChI=1S/C27H27Cl/c1-5-10-20-21(11-6-2)26-22-15-14-19(28)16-24(22)27(3,4)25(26)17-23(20)18-12-8-7-9-13-18/h7-17H,5-6H2,1-4H3/b20-10+,21-11+. The topological polar surface area (TPSA) is 0 Å². The van der Waals surface area contributed by atoms with Crippen molar-refractivity contribution in [2.24, 2.45) is 0 Å². The number of hydrogen-bond acceptors (Lipinski definition) is 0. The van der Waals surface area contributed by atoms with Crippen molar-refractivity contribution in [1.29, 1.82) is 0 Å². The van der Waals surface area contributed by atoms with E-state index in [1.807, 2.05) is 6.07 Å². The Labute approximate surface area is 173 Å². The molecule has 0 bridgehead atoms. The van der Waals surface area contributed by atoms with Crippen molar-refractivity contribution in [1.82, 2.24) is 0 Å². The van der Waals surface area contributed by atoms with Crippen molar-refractivity contribution in [3.05, 3.63) is 81.2 Å². The molecule has 0 amide bonds. The molecular formula is C27H27Cl. The van der Waals surface area contributed by atoms with Gasteiger partial charge in [0.25, 0.3) is 0 Å². The Morgan fingerprint density at radius 3 is 2.14 bits per heavy atom. The van der Waals surface area contributed by atoms with Crippen LogP contribution in [0.2, 0.25) is 5.02 Å². The van der Waals surface area contributed by atoms with Gasteiger partial charge in [-0.3, -0.25) is 0 Å². The second-order valence-electron chi connectivity index (χ2n) is 8.08. The first kappa shape index (κ1) is 19.0. The van der Waals surface area contributed by atoms with Crippen LogP contribution in [0, 0.1) is 0 Å². The monoisotopic (exact) mass is 386 g/mol. The number of halogens is 1. The van der Waals surface area contributed by atoms with Gasteiger partial charge in [0.05, 0.1) is 0 Å². The predicted molar refractivity (Wildman–Crippen MR) is 123 cm³/mol. The summed E-state index contributed by atoms with van der Waals surface area (Å²) in [7, 11) is 0. The van der Waals surface area contributed by atoms with Gasteiger partial charge in [0.1, 0.15) is 0 Å². The van der Waals surface area contributed by atoms with Gasteiger partial charge in [0.15, 0.2) is 0 Å². The molecule has 28 heavy (non-hydrogen) atoms. The molecule has 0 nitrogen and oxygen atoms in total. The van der Waals surface area contributed by atoms with Gasteiger partial charge in [-0.05, 0) is 74.9 Å². The third-order valence-corrected chi connectivity index (χ3v) is 6.14. The first-order valence-electron chi connectivity index (χ1n) is 10.2. The Balaban J connectivity index is 2.20. The van der Waals surface area contributed by atoms with Gasteiger partial charge in [-0.1, -0.05) is 87.8 Å². The van der Waals surface area contributed by atoms with Gasteiger partial charge in [-0.2, -0.15) is 0 Å². The smallest absolute Gasteiger partial charge is 0.0409 e. The normalized spacial score (nSPS) is 15.6. The summed E-state index contributed by atoms with van der Waals surface area (Å²) in [6.45, 7) is 9.08. The van der Waals surface area contributed by atoms with E-state index in [1.165, 1.54) is 43.8 Å². The van der Waals surface area contributed by atoms with E-state index >= 15 is 0 Å². The van der Waals surface area contributed by atoms with Crippen molar-refractivity contribution in [2.75, 3.05) is 0 Å². The van der Waals surface area contributed by atoms with E-state index in [9.17, 15) is 0 Å². The van der Waals surface area contributed by atoms with Gasteiger partial charge in [-0.15, -0.1) is 0 Å². The maximum Gasteiger partial charge on any atom is 0.0409 e. The highest BCUT2D eigenvalue weighted by atomic mass is 35.5. The molecule has 0 N–H and O–H groups in total. The Kier molecular flexibility index (Phi) is 4.93. The lowest BCUT2D eigenvalue weighted by Crippen LogP contribution is -2.31. The van der Waals surface area contributed by atoms with Gasteiger partial charge in [-0.25, -0.2) is 0 Å².